The first-order valence-corrected chi connectivity index (χ1v) is 15.6. The Kier molecular flexibility index (Phi) is 12.1. The molecule has 0 aliphatic carbocycles. The molecule has 0 spiro atoms. The molecule has 1 aliphatic rings. The van der Waals surface area contributed by atoms with Gasteiger partial charge < -0.3 is 34.7 Å². The lowest BCUT2D eigenvalue weighted by Gasteiger charge is -2.28. The number of allylic oxidation sites excluding steroid dienone is 1. The van der Waals surface area contributed by atoms with E-state index < -0.39 is 24.3 Å². The molecule has 1 heterocycles. The molecular weight excluding hydrogens is 736 g/mol. The maximum absolute atomic E-state index is 12.4. The first-order chi connectivity index (χ1) is 21.6. The number of hydrogen-bond donors (Lipinski definition) is 4. The molecule has 0 aromatic heterocycles. The van der Waals surface area contributed by atoms with Crippen LogP contribution in [0.2, 0.25) is 5.02 Å². The molecule has 45 heavy (non-hydrogen) atoms. The van der Waals surface area contributed by atoms with Gasteiger partial charge in [0, 0.05) is 10.7 Å². The lowest BCUT2D eigenvalue weighted by Crippen LogP contribution is -2.45. The third-order valence-corrected chi connectivity index (χ3v) is 7.86. The fourth-order valence-corrected chi connectivity index (χ4v) is 5.92. The highest BCUT2D eigenvalue weighted by atomic mass is 79.9. The van der Waals surface area contributed by atoms with Gasteiger partial charge in [0.15, 0.2) is 17.7 Å². The van der Waals surface area contributed by atoms with Crippen molar-refractivity contribution in [2.75, 3.05) is 20.3 Å². The zero-order valence-corrected chi connectivity index (χ0v) is 28.5. The number of nitrogens with one attached hydrogen (secondary N) is 3. The Morgan fingerprint density at radius 1 is 1.09 bits per heavy atom. The van der Waals surface area contributed by atoms with Gasteiger partial charge in [-0.3, -0.25) is 5.43 Å². The van der Waals surface area contributed by atoms with Crippen molar-refractivity contribution in [1.29, 1.82) is 0 Å². The van der Waals surface area contributed by atoms with Crippen LogP contribution in [-0.4, -0.2) is 49.9 Å². The minimum atomic E-state index is -1.15. The third-order valence-electron chi connectivity index (χ3n) is 6.43. The normalized spacial score (nSPS) is 15.3. The van der Waals surface area contributed by atoms with Crippen LogP contribution in [0.25, 0.3) is 0 Å². The summed E-state index contributed by atoms with van der Waals surface area (Å²) in [5.41, 5.74) is 5.59. The fourth-order valence-electron chi connectivity index (χ4n) is 4.35. The second-order valence-electron chi connectivity index (χ2n) is 9.64. The number of ether oxygens (including phenoxy) is 4. The number of hydrogen-bond acceptors (Lipinski definition) is 9. The van der Waals surface area contributed by atoms with E-state index in [0.717, 1.165) is 20.1 Å². The molecule has 11 nitrogen and oxygen atoms in total. The second-order valence-corrected chi connectivity index (χ2v) is 11.8. The SMILES string of the molecule is CCOc1cc([C@@H]2NC(=O)NC(C)=C2C(=O)OC)ccc1OC[C@H](O)N/N=C\c1cc(Br)c(OCc2ccc(Cl)cc2)c(Br)c1. The number of carbonyl (C=O) groups is 2. The minimum absolute atomic E-state index is 0.155. The van der Waals surface area contributed by atoms with Gasteiger partial charge in [0.2, 0.25) is 0 Å². The second kappa shape index (κ2) is 16.0. The van der Waals surface area contributed by atoms with Crippen LogP contribution >= 0.6 is 43.5 Å². The van der Waals surface area contributed by atoms with Crippen LogP contribution in [0, 0.1) is 0 Å². The molecule has 0 radical (unpaired) electrons. The number of aliphatic hydroxyl groups is 1. The summed E-state index contributed by atoms with van der Waals surface area (Å²) in [6.45, 7) is 3.98. The van der Waals surface area contributed by atoms with Crippen LogP contribution in [0.15, 0.2) is 79.9 Å². The molecular formula is C31H31Br2ClN4O7. The van der Waals surface area contributed by atoms with Crippen molar-refractivity contribution in [2.45, 2.75) is 32.7 Å². The van der Waals surface area contributed by atoms with Crippen molar-refractivity contribution in [3.05, 3.63) is 96.5 Å². The summed E-state index contributed by atoms with van der Waals surface area (Å²) in [6, 6.07) is 14.9. The van der Waals surface area contributed by atoms with E-state index >= 15 is 0 Å². The summed E-state index contributed by atoms with van der Waals surface area (Å²) >= 11 is 13.0. The van der Waals surface area contributed by atoms with E-state index in [1.54, 1.807) is 31.3 Å². The van der Waals surface area contributed by atoms with Gasteiger partial charge in [-0.25, -0.2) is 9.59 Å². The quantitative estimate of drug-likeness (QED) is 0.0724. The monoisotopic (exact) mass is 764 g/mol. The van der Waals surface area contributed by atoms with E-state index in [1.807, 2.05) is 43.3 Å². The molecule has 0 bridgehead atoms. The number of halogens is 3. The van der Waals surface area contributed by atoms with E-state index in [-0.39, 0.29) is 12.2 Å². The molecule has 0 unspecified atom stereocenters. The van der Waals surface area contributed by atoms with Crippen molar-refractivity contribution in [1.82, 2.24) is 16.1 Å². The Morgan fingerprint density at radius 2 is 1.80 bits per heavy atom. The van der Waals surface area contributed by atoms with E-state index in [2.05, 4.69) is 53.0 Å². The molecule has 0 saturated carbocycles. The highest BCUT2D eigenvalue weighted by molar-refractivity contribution is 9.11. The summed E-state index contributed by atoms with van der Waals surface area (Å²) in [4.78, 5) is 24.6. The van der Waals surface area contributed by atoms with Gasteiger partial charge in [0.05, 0.1) is 40.5 Å². The van der Waals surface area contributed by atoms with Crippen molar-refractivity contribution in [2.24, 2.45) is 5.10 Å². The Labute approximate surface area is 282 Å². The van der Waals surface area contributed by atoms with Crippen molar-refractivity contribution < 1.29 is 33.6 Å². The molecule has 2 atom stereocenters. The lowest BCUT2D eigenvalue weighted by molar-refractivity contribution is -0.136. The molecule has 2 amide bonds. The van der Waals surface area contributed by atoms with Crippen LogP contribution in [0.5, 0.6) is 17.2 Å². The van der Waals surface area contributed by atoms with Crippen LogP contribution in [0.3, 0.4) is 0 Å². The zero-order valence-electron chi connectivity index (χ0n) is 24.5. The molecule has 3 aromatic carbocycles. The number of esters is 1. The van der Waals surface area contributed by atoms with E-state index in [4.69, 9.17) is 30.5 Å². The predicted molar refractivity (Wildman–Crippen MR) is 177 cm³/mol. The number of carbonyl (C=O) groups excluding carboxylic acids is 2. The maximum Gasteiger partial charge on any atom is 0.337 e. The summed E-state index contributed by atoms with van der Waals surface area (Å²) in [6.07, 6.45) is 0.397. The van der Waals surface area contributed by atoms with Gasteiger partial charge in [-0.1, -0.05) is 29.8 Å². The molecule has 3 aromatic rings. The Morgan fingerprint density at radius 3 is 2.47 bits per heavy atom. The number of aliphatic hydroxyl groups excluding tert-OH is 1. The standard InChI is InChI=1S/C31H31Br2ClN4O7/c1-4-43-25-13-20(28-27(30(40)42-3)17(2)36-31(41)37-28)7-10-24(25)44-16-26(39)38-35-14-19-11-22(32)29(23(33)12-19)45-15-18-5-8-21(34)9-6-18/h5-14,26,28,38-39H,4,15-16H2,1-3H3,(H2,36,37,41)/b35-14-/t26-,28-/m0/s1. The van der Waals surface area contributed by atoms with Gasteiger partial charge in [-0.05, 0) is 98.8 Å². The van der Waals surface area contributed by atoms with Crippen LogP contribution in [0.4, 0.5) is 4.79 Å². The molecule has 0 fully saturated rings. The molecule has 0 saturated heterocycles. The topological polar surface area (TPSA) is 140 Å². The van der Waals surface area contributed by atoms with Gasteiger partial charge in [0.25, 0.3) is 0 Å². The van der Waals surface area contributed by atoms with Crippen LogP contribution in [-0.2, 0) is 16.1 Å². The highest BCUT2D eigenvalue weighted by Gasteiger charge is 2.32. The lowest BCUT2D eigenvalue weighted by atomic mass is 9.95. The third kappa shape index (κ3) is 9.13. The zero-order chi connectivity index (χ0) is 32.5. The van der Waals surface area contributed by atoms with Crippen molar-refractivity contribution in [3.63, 3.8) is 0 Å². The smallest absolute Gasteiger partial charge is 0.337 e. The highest BCUT2D eigenvalue weighted by Crippen LogP contribution is 2.36. The molecule has 4 N–H and O–H groups in total. The minimum Gasteiger partial charge on any atom is -0.490 e. The van der Waals surface area contributed by atoms with E-state index in [0.29, 0.717) is 46.7 Å². The van der Waals surface area contributed by atoms with Gasteiger partial charge in [-0.15, -0.1) is 0 Å². The van der Waals surface area contributed by atoms with E-state index in [9.17, 15) is 14.7 Å². The number of urea groups is 1. The number of nitrogens with zero attached hydrogens (tertiary/aromatic N) is 1. The van der Waals surface area contributed by atoms with Gasteiger partial charge in [-0.2, -0.15) is 5.10 Å². The summed E-state index contributed by atoms with van der Waals surface area (Å²) in [5, 5.41) is 20.6. The summed E-state index contributed by atoms with van der Waals surface area (Å²) in [5.74, 6) is 0.785. The summed E-state index contributed by atoms with van der Waals surface area (Å²) < 4.78 is 23.9. The number of rotatable bonds is 13. The molecule has 238 valence electrons. The Bertz CT molecular complexity index is 1580. The first-order valence-electron chi connectivity index (χ1n) is 13.7. The van der Waals surface area contributed by atoms with E-state index in [1.165, 1.54) is 7.11 Å². The van der Waals surface area contributed by atoms with Crippen molar-refractivity contribution >= 4 is 61.7 Å². The predicted octanol–water partition coefficient (Wildman–Crippen LogP) is 5.96. The van der Waals surface area contributed by atoms with Gasteiger partial charge >= 0.3 is 12.0 Å². The fraction of sp³-hybridized carbons (Fsp3) is 0.258. The number of benzene rings is 3. The number of methoxy groups -OCH3 is 1. The number of amides is 2. The Balaban J connectivity index is 1.37. The molecule has 1 aliphatic heterocycles. The summed E-state index contributed by atoms with van der Waals surface area (Å²) in [7, 11) is 1.27. The Hall–Kier alpha value is -3.78. The largest absolute Gasteiger partial charge is 0.490 e. The molecule has 14 heteroatoms. The first kappa shape index (κ1) is 34.1. The van der Waals surface area contributed by atoms with Crippen LogP contribution in [0.1, 0.15) is 36.6 Å². The average molecular weight is 767 g/mol. The number of hydrazone groups is 1. The van der Waals surface area contributed by atoms with Crippen LogP contribution < -0.4 is 30.3 Å². The maximum atomic E-state index is 12.4. The average Bonchev–Trinajstić information content (AvgIpc) is 3.00. The van der Waals surface area contributed by atoms with Crippen molar-refractivity contribution in [3.8, 4) is 17.2 Å². The molecule has 4 rings (SSSR count). The van der Waals surface area contributed by atoms with Gasteiger partial charge in [0.1, 0.15) is 19.0 Å².